The van der Waals surface area contributed by atoms with Gasteiger partial charge in [0.1, 0.15) is 5.75 Å². The average molecular weight is 249 g/mol. The van der Waals surface area contributed by atoms with Crippen LogP contribution in [0.1, 0.15) is 21.3 Å². The number of aromatic hydroxyl groups is 1. The molecule has 0 saturated heterocycles. The third-order valence-corrected chi connectivity index (χ3v) is 3.26. The van der Waals surface area contributed by atoms with Gasteiger partial charge in [0.05, 0.1) is 10.7 Å². The van der Waals surface area contributed by atoms with Crippen molar-refractivity contribution >= 4 is 11.3 Å². The molecule has 2 rings (SSSR count). The van der Waals surface area contributed by atoms with Crippen LogP contribution in [0.25, 0.3) is 0 Å². The number of nitrogens with one attached hydrogen (secondary N) is 1. The Morgan fingerprint density at radius 3 is 2.82 bits per heavy atom. The highest BCUT2D eigenvalue weighted by Crippen LogP contribution is 2.15. The van der Waals surface area contributed by atoms with Gasteiger partial charge in [-0.2, -0.15) is 0 Å². The second-order valence-electron chi connectivity index (χ2n) is 3.87. The van der Waals surface area contributed by atoms with E-state index >= 15 is 0 Å². The molecule has 2 N–H and O–H groups in total. The summed E-state index contributed by atoms with van der Waals surface area (Å²) in [5.74, 6) is 0.239. The van der Waals surface area contributed by atoms with E-state index in [2.05, 4.69) is 15.3 Å². The first-order valence-corrected chi connectivity index (χ1v) is 6.24. The molecule has 0 spiro atoms. The molecule has 0 atom stereocenters. The van der Waals surface area contributed by atoms with Crippen molar-refractivity contribution in [1.82, 2.24) is 15.3 Å². The standard InChI is InChI=1S/C12H15N3OS/c1-8-3-4-12(16)11(15-8)7-13-5-10-6-14-9(2)17-10/h3-4,6,13,16H,5,7H2,1-2H3. The number of thiazole rings is 1. The van der Waals surface area contributed by atoms with Crippen LogP contribution in [0.2, 0.25) is 0 Å². The highest BCUT2D eigenvalue weighted by atomic mass is 32.1. The van der Waals surface area contributed by atoms with Gasteiger partial charge in [0, 0.05) is 29.9 Å². The van der Waals surface area contributed by atoms with Crippen LogP contribution in [0.5, 0.6) is 5.75 Å². The second kappa shape index (κ2) is 5.25. The summed E-state index contributed by atoms with van der Waals surface area (Å²) in [4.78, 5) is 9.66. The maximum atomic E-state index is 9.62. The first-order chi connectivity index (χ1) is 8.15. The predicted octanol–water partition coefficient (Wildman–Crippen LogP) is 2.15. The Bertz CT molecular complexity index is 510. The van der Waals surface area contributed by atoms with Crippen molar-refractivity contribution in [2.45, 2.75) is 26.9 Å². The molecular formula is C12H15N3OS. The van der Waals surface area contributed by atoms with Crippen molar-refractivity contribution in [2.75, 3.05) is 0 Å². The molecule has 0 amide bonds. The van der Waals surface area contributed by atoms with Crippen molar-refractivity contribution in [3.8, 4) is 5.75 Å². The van der Waals surface area contributed by atoms with Crippen molar-refractivity contribution in [1.29, 1.82) is 0 Å². The molecule has 0 aliphatic heterocycles. The van der Waals surface area contributed by atoms with Gasteiger partial charge < -0.3 is 10.4 Å². The Hall–Kier alpha value is -1.46. The van der Waals surface area contributed by atoms with E-state index in [0.717, 1.165) is 17.2 Å². The molecule has 0 aliphatic carbocycles. The molecule has 0 saturated carbocycles. The van der Waals surface area contributed by atoms with Gasteiger partial charge in [-0.1, -0.05) is 0 Å². The Morgan fingerprint density at radius 2 is 2.12 bits per heavy atom. The first-order valence-electron chi connectivity index (χ1n) is 5.42. The third-order valence-electron chi connectivity index (χ3n) is 2.35. The predicted molar refractivity (Wildman–Crippen MR) is 68.0 cm³/mol. The number of hydrogen-bond donors (Lipinski definition) is 2. The molecule has 0 aliphatic rings. The summed E-state index contributed by atoms with van der Waals surface area (Å²) in [5.41, 5.74) is 1.60. The molecule has 0 fully saturated rings. The zero-order valence-electron chi connectivity index (χ0n) is 9.90. The third kappa shape index (κ3) is 3.25. The lowest BCUT2D eigenvalue weighted by Crippen LogP contribution is -2.13. The summed E-state index contributed by atoms with van der Waals surface area (Å²) in [6.07, 6.45) is 1.87. The van der Waals surface area contributed by atoms with E-state index in [4.69, 9.17) is 0 Å². The van der Waals surface area contributed by atoms with Gasteiger partial charge in [-0.15, -0.1) is 11.3 Å². The molecule has 2 aromatic rings. The fourth-order valence-electron chi connectivity index (χ4n) is 1.52. The lowest BCUT2D eigenvalue weighted by molar-refractivity contribution is 0.459. The number of aromatic nitrogens is 2. The SMILES string of the molecule is Cc1ccc(O)c(CNCc2cnc(C)s2)n1. The van der Waals surface area contributed by atoms with Gasteiger partial charge in [-0.05, 0) is 26.0 Å². The quantitative estimate of drug-likeness (QED) is 0.871. The van der Waals surface area contributed by atoms with Crippen LogP contribution >= 0.6 is 11.3 Å². The molecule has 17 heavy (non-hydrogen) atoms. The largest absolute Gasteiger partial charge is 0.506 e. The van der Waals surface area contributed by atoms with Crippen molar-refractivity contribution in [3.05, 3.63) is 39.6 Å². The number of pyridine rings is 1. The lowest BCUT2D eigenvalue weighted by Gasteiger charge is -2.05. The molecule has 0 bridgehead atoms. The van der Waals surface area contributed by atoms with Crippen LogP contribution in [0, 0.1) is 13.8 Å². The highest BCUT2D eigenvalue weighted by molar-refractivity contribution is 7.11. The summed E-state index contributed by atoms with van der Waals surface area (Å²) in [5, 5.41) is 13.9. The van der Waals surface area contributed by atoms with Gasteiger partial charge >= 0.3 is 0 Å². The smallest absolute Gasteiger partial charge is 0.138 e. The summed E-state index contributed by atoms with van der Waals surface area (Å²) < 4.78 is 0. The van der Waals surface area contributed by atoms with Gasteiger partial charge in [-0.25, -0.2) is 4.98 Å². The molecule has 2 aromatic heterocycles. The Morgan fingerprint density at radius 1 is 1.29 bits per heavy atom. The van der Waals surface area contributed by atoms with Gasteiger partial charge in [0.15, 0.2) is 0 Å². The minimum absolute atomic E-state index is 0.239. The lowest BCUT2D eigenvalue weighted by atomic mass is 10.3. The Balaban J connectivity index is 1.91. The number of nitrogens with zero attached hydrogens (tertiary/aromatic N) is 2. The summed E-state index contributed by atoms with van der Waals surface area (Å²) in [6.45, 7) is 5.21. The fraction of sp³-hybridized carbons (Fsp3) is 0.333. The molecule has 0 aromatic carbocycles. The van der Waals surface area contributed by atoms with Gasteiger partial charge in [-0.3, -0.25) is 4.98 Å². The van der Waals surface area contributed by atoms with E-state index < -0.39 is 0 Å². The second-order valence-corrected chi connectivity index (χ2v) is 5.19. The molecule has 90 valence electrons. The van der Waals surface area contributed by atoms with Crippen LogP contribution in [0.3, 0.4) is 0 Å². The van der Waals surface area contributed by atoms with Crippen LogP contribution in [0.4, 0.5) is 0 Å². The molecular weight excluding hydrogens is 234 g/mol. The zero-order chi connectivity index (χ0) is 12.3. The van der Waals surface area contributed by atoms with Crippen LogP contribution in [0.15, 0.2) is 18.3 Å². The minimum atomic E-state index is 0.239. The van der Waals surface area contributed by atoms with Gasteiger partial charge in [0.2, 0.25) is 0 Å². The molecule has 0 unspecified atom stereocenters. The molecule has 4 nitrogen and oxygen atoms in total. The topological polar surface area (TPSA) is 58.0 Å². The molecule has 0 radical (unpaired) electrons. The Kier molecular flexibility index (Phi) is 3.71. The normalized spacial score (nSPS) is 10.7. The van der Waals surface area contributed by atoms with Crippen LogP contribution in [-0.2, 0) is 13.1 Å². The number of hydrogen-bond acceptors (Lipinski definition) is 5. The van der Waals surface area contributed by atoms with Crippen LogP contribution < -0.4 is 5.32 Å². The summed E-state index contributed by atoms with van der Waals surface area (Å²) >= 11 is 1.67. The Labute approximate surface area is 104 Å². The van der Waals surface area contributed by atoms with Crippen LogP contribution in [-0.4, -0.2) is 15.1 Å². The van der Waals surface area contributed by atoms with E-state index in [0.29, 0.717) is 12.2 Å². The summed E-state index contributed by atoms with van der Waals surface area (Å²) in [6, 6.07) is 3.47. The van der Waals surface area contributed by atoms with E-state index in [1.165, 1.54) is 4.88 Å². The van der Waals surface area contributed by atoms with E-state index in [9.17, 15) is 5.11 Å². The zero-order valence-corrected chi connectivity index (χ0v) is 10.7. The molecule has 5 heteroatoms. The monoisotopic (exact) mass is 249 g/mol. The molecule has 2 heterocycles. The maximum Gasteiger partial charge on any atom is 0.138 e. The van der Waals surface area contributed by atoms with Crippen molar-refractivity contribution < 1.29 is 5.11 Å². The maximum absolute atomic E-state index is 9.62. The first kappa shape index (κ1) is 12.0. The fourth-order valence-corrected chi connectivity index (χ4v) is 2.29. The average Bonchev–Trinajstić information content (AvgIpc) is 2.69. The van der Waals surface area contributed by atoms with E-state index in [-0.39, 0.29) is 5.75 Å². The minimum Gasteiger partial charge on any atom is -0.506 e. The highest BCUT2D eigenvalue weighted by Gasteiger charge is 2.03. The number of rotatable bonds is 4. The van der Waals surface area contributed by atoms with Crippen molar-refractivity contribution in [3.63, 3.8) is 0 Å². The van der Waals surface area contributed by atoms with Crippen molar-refractivity contribution in [2.24, 2.45) is 0 Å². The number of aryl methyl sites for hydroxylation is 2. The summed E-state index contributed by atoms with van der Waals surface area (Å²) in [7, 11) is 0. The van der Waals surface area contributed by atoms with E-state index in [1.54, 1.807) is 23.5 Å². The van der Waals surface area contributed by atoms with E-state index in [1.807, 2.05) is 20.0 Å². The van der Waals surface area contributed by atoms with Gasteiger partial charge in [0.25, 0.3) is 0 Å².